The summed E-state index contributed by atoms with van der Waals surface area (Å²) < 4.78 is 68.1. The van der Waals surface area contributed by atoms with Gasteiger partial charge in [-0.3, -0.25) is 18.9 Å². The number of anilines is 1. The van der Waals surface area contributed by atoms with Gasteiger partial charge in [-0.25, -0.2) is 9.71 Å². The first-order valence-electron chi connectivity index (χ1n) is 12.9. The van der Waals surface area contributed by atoms with Crippen molar-refractivity contribution in [2.75, 3.05) is 38.7 Å². The van der Waals surface area contributed by atoms with Crippen LogP contribution in [0.15, 0.2) is 36.7 Å². The third-order valence-corrected chi connectivity index (χ3v) is 8.00. The van der Waals surface area contributed by atoms with Crippen LogP contribution in [0.4, 0.5) is 18.9 Å². The lowest BCUT2D eigenvalue weighted by molar-refractivity contribution is -0.143. The first-order chi connectivity index (χ1) is 19.0. The Morgan fingerprint density at radius 3 is 2.65 bits per heavy atom. The van der Waals surface area contributed by atoms with Gasteiger partial charge >= 0.3 is 6.18 Å². The summed E-state index contributed by atoms with van der Waals surface area (Å²) in [6.07, 6.45) is 2.00. The average molecular weight is 577 g/mol. The number of ether oxygens (including phenoxy) is 1. The summed E-state index contributed by atoms with van der Waals surface area (Å²) in [5.41, 5.74) is 4.10. The van der Waals surface area contributed by atoms with Crippen LogP contribution in [0.25, 0.3) is 22.0 Å². The number of aromatic nitrogens is 2. The molecule has 1 amide bonds. The molecule has 2 aliphatic rings. The fourth-order valence-electron chi connectivity index (χ4n) is 5.59. The Labute approximate surface area is 232 Å². The summed E-state index contributed by atoms with van der Waals surface area (Å²) in [6, 6.07) is 7.55. The molecule has 1 aromatic carbocycles. The Bertz CT molecular complexity index is 1460. The number of carbonyl (C=O) groups is 1. The molecule has 0 saturated heterocycles. The van der Waals surface area contributed by atoms with Gasteiger partial charge in [0.05, 0.1) is 36.0 Å². The Kier molecular flexibility index (Phi) is 7.83. The van der Waals surface area contributed by atoms with E-state index in [0.29, 0.717) is 17.5 Å². The van der Waals surface area contributed by atoms with E-state index < -0.39 is 29.4 Å². The standard InChI is InChI=1S/C27H30F3N5O4S/c1-34(16-27(28,29)30)9-4-10-39-24-19(14-33-40(37)38)11-18(13-32-24)17-5-6-21-20(12-17)23-22(15-31-21)35(2)25(36)26(23)7-3-8-26/h5-6,11-13,15,33H,3-4,7-10,14,16H2,1-2H3,(H,37,38)/p-1. The van der Waals surface area contributed by atoms with Gasteiger partial charge in [0, 0.05) is 59.7 Å². The highest BCUT2D eigenvalue weighted by Crippen LogP contribution is 2.55. The number of amides is 1. The normalized spacial score (nSPS) is 17.0. The number of fused-ring (bicyclic) bond motifs is 4. The molecular weight excluding hydrogens is 547 g/mol. The van der Waals surface area contributed by atoms with Gasteiger partial charge in [0.2, 0.25) is 11.8 Å². The van der Waals surface area contributed by atoms with Gasteiger partial charge < -0.3 is 14.2 Å². The number of carbonyl (C=O) groups excluding carboxylic acids is 1. The molecule has 0 bridgehead atoms. The summed E-state index contributed by atoms with van der Waals surface area (Å²) in [5.74, 6) is 0.296. The van der Waals surface area contributed by atoms with Crippen molar-refractivity contribution in [3.8, 4) is 17.0 Å². The summed E-state index contributed by atoms with van der Waals surface area (Å²) in [6.45, 7) is -0.808. The minimum Gasteiger partial charge on any atom is -0.760 e. The fraction of sp³-hybridized carbons (Fsp3) is 0.444. The Balaban J connectivity index is 1.41. The van der Waals surface area contributed by atoms with Crippen molar-refractivity contribution >= 4 is 33.8 Å². The molecular formula is C27H29F3N5O4S-. The molecule has 1 aliphatic heterocycles. The molecule has 3 heterocycles. The number of alkyl halides is 3. The number of likely N-dealkylation sites (N-methyl/N-ethyl adjacent to an activating group) is 1. The molecule has 1 unspecified atom stereocenters. The van der Waals surface area contributed by atoms with E-state index in [2.05, 4.69) is 14.7 Å². The molecule has 3 aromatic rings. The number of nitrogens with one attached hydrogen (secondary N) is 1. The van der Waals surface area contributed by atoms with Crippen molar-refractivity contribution in [1.82, 2.24) is 19.6 Å². The second-order valence-electron chi connectivity index (χ2n) is 10.3. The van der Waals surface area contributed by atoms with E-state index in [9.17, 15) is 26.7 Å². The zero-order chi connectivity index (χ0) is 28.7. The predicted molar refractivity (Wildman–Crippen MR) is 143 cm³/mol. The third-order valence-electron chi connectivity index (χ3n) is 7.62. The van der Waals surface area contributed by atoms with E-state index >= 15 is 0 Å². The quantitative estimate of drug-likeness (QED) is 0.288. The summed E-state index contributed by atoms with van der Waals surface area (Å²) >= 11 is -2.52. The number of hydrogen-bond acceptors (Lipinski definition) is 7. The van der Waals surface area contributed by atoms with Crippen LogP contribution in [0.2, 0.25) is 0 Å². The molecule has 1 aliphatic carbocycles. The van der Waals surface area contributed by atoms with Crippen molar-refractivity contribution in [3.63, 3.8) is 0 Å². The minimum absolute atomic E-state index is 0.0762. The van der Waals surface area contributed by atoms with Gasteiger partial charge in [0.25, 0.3) is 0 Å². The molecule has 13 heteroatoms. The maximum Gasteiger partial charge on any atom is 0.401 e. The van der Waals surface area contributed by atoms with Crippen molar-refractivity contribution in [2.24, 2.45) is 0 Å². The highest BCUT2D eigenvalue weighted by molar-refractivity contribution is 7.77. The van der Waals surface area contributed by atoms with Crippen LogP contribution in [-0.4, -0.2) is 69.5 Å². The van der Waals surface area contributed by atoms with Gasteiger partial charge in [-0.2, -0.15) is 13.2 Å². The Morgan fingerprint density at radius 1 is 1.20 bits per heavy atom. The number of benzene rings is 1. The van der Waals surface area contributed by atoms with E-state index in [1.807, 2.05) is 18.2 Å². The number of halogens is 3. The Morgan fingerprint density at radius 2 is 1.98 bits per heavy atom. The van der Waals surface area contributed by atoms with E-state index in [4.69, 9.17) is 4.74 Å². The van der Waals surface area contributed by atoms with Crippen LogP contribution < -0.4 is 14.4 Å². The molecule has 5 rings (SSSR count). The van der Waals surface area contributed by atoms with Gasteiger partial charge in [-0.15, -0.1) is 0 Å². The number of rotatable bonds is 10. The molecule has 2 aromatic heterocycles. The SMILES string of the molecule is CN(CCCOc1ncc(-c2ccc3ncc4c(c3c2)C2(CCC2)C(=O)N4C)cc1CNS(=O)[O-])CC(F)(F)F. The monoisotopic (exact) mass is 576 g/mol. The van der Waals surface area contributed by atoms with E-state index in [1.54, 1.807) is 30.4 Å². The number of pyridine rings is 2. The lowest BCUT2D eigenvalue weighted by Crippen LogP contribution is -2.43. The van der Waals surface area contributed by atoms with Gasteiger partial charge in [-0.05, 0) is 50.1 Å². The lowest BCUT2D eigenvalue weighted by Gasteiger charge is -2.37. The van der Waals surface area contributed by atoms with Crippen molar-refractivity contribution in [2.45, 2.75) is 43.8 Å². The maximum absolute atomic E-state index is 13.1. The van der Waals surface area contributed by atoms with Gasteiger partial charge in [0.15, 0.2) is 0 Å². The second-order valence-corrected chi connectivity index (χ2v) is 11.1. The van der Waals surface area contributed by atoms with Crippen LogP contribution in [0, 0.1) is 0 Å². The highest BCUT2D eigenvalue weighted by atomic mass is 32.2. The molecule has 1 N–H and O–H groups in total. The predicted octanol–water partition coefficient (Wildman–Crippen LogP) is 3.84. The second kappa shape index (κ2) is 11.0. The minimum atomic E-state index is -4.28. The largest absolute Gasteiger partial charge is 0.760 e. The zero-order valence-corrected chi connectivity index (χ0v) is 22.9. The first-order valence-corrected chi connectivity index (χ1v) is 14.0. The number of nitrogens with zero attached hydrogens (tertiary/aromatic N) is 4. The molecule has 1 fully saturated rings. The average Bonchev–Trinajstić information content (AvgIpc) is 3.11. The zero-order valence-electron chi connectivity index (χ0n) is 22.1. The molecule has 1 atom stereocenters. The summed E-state index contributed by atoms with van der Waals surface area (Å²) in [4.78, 5) is 25.0. The van der Waals surface area contributed by atoms with Crippen LogP contribution >= 0.6 is 0 Å². The van der Waals surface area contributed by atoms with Gasteiger partial charge in [-0.1, -0.05) is 12.5 Å². The van der Waals surface area contributed by atoms with Crippen LogP contribution in [0.1, 0.15) is 36.8 Å². The van der Waals surface area contributed by atoms with Crippen molar-refractivity contribution in [1.29, 1.82) is 0 Å². The van der Waals surface area contributed by atoms with Crippen molar-refractivity contribution in [3.05, 3.63) is 47.8 Å². The smallest absolute Gasteiger partial charge is 0.401 e. The summed E-state index contributed by atoms with van der Waals surface area (Å²) in [5, 5.41) is 0.899. The molecule has 1 spiro atoms. The number of hydrogen-bond donors (Lipinski definition) is 1. The van der Waals surface area contributed by atoms with E-state index in [0.717, 1.165) is 51.9 Å². The highest BCUT2D eigenvalue weighted by Gasteiger charge is 2.54. The molecule has 1 saturated carbocycles. The van der Waals surface area contributed by atoms with Crippen LogP contribution in [-0.2, 0) is 28.0 Å². The van der Waals surface area contributed by atoms with Crippen LogP contribution in [0.3, 0.4) is 0 Å². The van der Waals surface area contributed by atoms with Crippen LogP contribution in [0.5, 0.6) is 5.88 Å². The van der Waals surface area contributed by atoms with E-state index in [1.165, 1.54) is 7.05 Å². The molecule has 9 nitrogen and oxygen atoms in total. The maximum atomic E-state index is 13.1. The Hall–Kier alpha value is -3.13. The van der Waals surface area contributed by atoms with Gasteiger partial charge in [0.1, 0.15) is 0 Å². The van der Waals surface area contributed by atoms with Crippen molar-refractivity contribution < 1.29 is 31.5 Å². The first kappa shape index (κ1) is 28.4. The molecule has 40 heavy (non-hydrogen) atoms. The third kappa shape index (κ3) is 5.55. The summed E-state index contributed by atoms with van der Waals surface area (Å²) in [7, 11) is 3.16. The molecule has 0 radical (unpaired) electrons. The topological polar surface area (TPSA) is 111 Å². The van der Waals surface area contributed by atoms with E-state index in [-0.39, 0.29) is 31.5 Å². The fourth-order valence-corrected chi connectivity index (χ4v) is 5.86. The molecule has 214 valence electrons. The lowest BCUT2D eigenvalue weighted by atomic mass is 9.64.